The second-order valence-corrected chi connectivity index (χ2v) is 5.11. The highest BCUT2D eigenvalue weighted by Gasteiger charge is 2.05. The highest BCUT2D eigenvalue weighted by molar-refractivity contribution is 9.10. The van der Waals surface area contributed by atoms with E-state index >= 15 is 0 Å². The van der Waals surface area contributed by atoms with E-state index in [1.807, 2.05) is 24.1 Å². The van der Waals surface area contributed by atoms with Gasteiger partial charge in [0.1, 0.15) is 11.9 Å². The van der Waals surface area contributed by atoms with Gasteiger partial charge in [0, 0.05) is 23.8 Å². The van der Waals surface area contributed by atoms with E-state index in [0.717, 1.165) is 15.7 Å². The third-order valence-corrected chi connectivity index (χ3v) is 3.50. The zero-order valence-corrected chi connectivity index (χ0v) is 12.0. The van der Waals surface area contributed by atoms with E-state index in [1.165, 1.54) is 12.1 Å². The summed E-state index contributed by atoms with van der Waals surface area (Å²) >= 11 is 3.37. The highest BCUT2D eigenvalue weighted by atomic mass is 79.9. The molecule has 0 aliphatic rings. The summed E-state index contributed by atoms with van der Waals surface area (Å²) in [7, 11) is 1.96. The first-order chi connectivity index (χ1) is 9.10. The Morgan fingerprint density at radius 1 is 1.21 bits per heavy atom. The third-order valence-electron chi connectivity index (χ3n) is 2.85. The fraction of sp³-hybridized carbons (Fsp3) is 0.133. The Hall–Kier alpha value is -1.86. The predicted molar refractivity (Wildman–Crippen MR) is 77.4 cm³/mol. The van der Waals surface area contributed by atoms with Crippen LogP contribution in [0.25, 0.3) is 0 Å². The molecule has 0 saturated carbocycles. The van der Waals surface area contributed by atoms with Gasteiger partial charge < -0.3 is 4.90 Å². The molecule has 0 atom stereocenters. The molecule has 0 saturated heterocycles. The van der Waals surface area contributed by atoms with Crippen molar-refractivity contribution >= 4 is 21.6 Å². The van der Waals surface area contributed by atoms with Gasteiger partial charge in [-0.25, -0.2) is 4.39 Å². The van der Waals surface area contributed by atoms with Gasteiger partial charge in [0.2, 0.25) is 0 Å². The van der Waals surface area contributed by atoms with Gasteiger partial charge in [0.25, 0.3) is 0 Å². The summed E-state index contributed by atoms with van der Waals surface area (Å²) in [4.78, 5) is 2.04. The fourth-order valence-electron chi connectivity index (χ4n) is 1.79. The maximum absolute atomic E-state index is 12.8. The van der Waals surface area contributed by atoms with Crippen LogP contribution in [0.5, 0.6) is 0 Å². The van der Waals surface area contributed by atoms with Gasteiger partial charge in [0.15, 0.2) is 0 Å². The van der Waals surface area contributed by atoms with E-state index in [9.17, 15) is 4.39 Å². The van der Waals surface area contributed by atoms with E-state index < -0.39 is 0 Å². The van der Waals surface area contributed by atoms with Crippen LogP contribution < -0.4 is 4.90 Å². The maximum Gasteiger partial charge on any atom is 0.123 e. The molecule has 96 valence electrons. The molecule has 0 aromatic heterocycles. The number of nitrogens with zero attached hydrogens (tertiary/aromatic N) is 2. The van der Waals surface area contributed by atoms with Crippen molar-refractivity contribution in [2.45, 2.75) is 6.54 Å². The van der Waals surface area contributed by atoms with Crippen LogP contribution in [0, 0.1) is 17.1 Å². The van der Waals surface area contributed by atoms with Crippen molar-refractivity contribution in [3.05, 3.63) is 63.9 Å². The predicted octanol–water partition coefficient (Wildman–Crippen LogP) is 4.10. The minimum absolute atomic E-state index is 0.229. The zero-order chi connectivity index (χ0) is 13.8. The Morgan fingerprint density at radius 3 is 2.47 bits per heavy atom. The number of hydrogen-bond acceptors (Lipinski definition) is 2. The van der Waals surface area contributed by atoms with E-state index in [2.05, 4.69) is 22.0 Å². The molecule has 0 fully saturated rings. The number of halogens is 2. The van der Waals surface area contributed by atoms with Crippen LogP contribution in [0.3, 0.4) is 0 Å². The van der Waals surface area contributed by atoms with Gasteiger partial charge in [-0.05, 0) is 51.8 Å². The van der Waals surface area contributed by atoms with Gasteiger partial charge in [-0.3, -0.25) is 0 Å². The molecule has 0 N–H and O–H groups in total. The standard InChI is InChI=1S/C15H12BrFN2/c1-19(10-11-2-5-13(17)6-3-11)14-7-4-12(9-18)15(16)8-14/h2-8H,10H2,1H3. The SMILES string of the molecule is CN(Cc1ccc(F)cc1)c1ccc(C#N)c(Br)c1. The molecule has 0 unspecified atom stereocenters. The van der Waals surface area contributed by atoms with Crippen LogP contribution in [0.15, 0.2) is 46.9 Å². The molecule has 2 aromatic carbocycles. The number of benzene rings is 2. The van der Waals surface area contributed by atoms with Crippen LogP contribution in [-0.4, -0.2) is 7.05 Å². The Balaban J connectivity index is 2.16. The van der Waals surface area contributed by atoms with Gasteiger partial charge >= 0.3 is 0 Å². The molecule has 4 heteroatoms. The molecule has 0 amide bonds. The van der Waals surface area contributed by atoms with Crippen molar-refractivity contribution in [3.63, 3.8) is 0 Å². The zero-order valence-electron chi connectivity index (χ0n) is 10.4. The van der Waals surface area contributed by atoms with Gasteiger partial charge in [-0.15, -0.1) is 0 Å². The van der Waals surface area contributed by atoms with Crippen molar-refractivity contribution < 1.29 is 4.39 Å². The molecule has 2 rings (SSSR count). The second-order valence-electron chi connectivity index (χ2n) is 4.26. The second kappa shape index (κ2) is 5.85. The van der Waals surface area contributed by atoms with Crippen LogP contribution in [-0.2, 0) is 6.54 Å². The van der Waals surface area contributed by atoms with Crippen molar-refractivity contribution in [3.8, 4) is 6.07 Å². The lowest BCUT2D eigenvalue weighted by Gasteiger charge is -2.20. The molecular formula is C15H12BrFN2. The molecule has 2 nitrogen and oxygen atoms in total. The van der Waals surface area contributed by atoms with Crippen molar-refractivity contribution in [2.75, 3.05) is 11.9 Å². The minimum Gasteiger partial charge on any atom is -0.370 e. The number of rotatable bonds is 3. The van der Waals surface area contributed by atoms with Gasteiger partial charge in [-0.2, -0.15) is 5.26 Å². The summed E-state index contributed by atoms with van der Waals surface area (Å²) in [5, 5.41) is 8.88. The Bertz CT molecular complexity index is 617. The number of nitriles is 1. The smallest absolute Gasteiger partial charge is 0.123 e. The Labute approximate surface area is 120 Å². The first-order valence-electron chi connectivity index (χ1n) is 5.75. The molecular weight excluding hydrogens is 307 g/mol. The summed E-state index contributed by atoms with van der Waals surface area (Å²) in [5.41, 5.74) is 2.64. The maximum atomic E-state index is 12.8. The molecule has 0 radical (unpaired) electrons. The summed E-state index contributed by atoms with van der Waals surface area (Å²) < 4.78 is 13.6. The van der Waals surface area contributed by atoms with Crippen molar-refractivity contribution in [1.82, 2.24) is 0 Å². The number of hydrogen-bond donors (Lipinski definition) is 0. The lowest BCUT2D eigenvalue weighted by atomic mass is 10.2. The molecule has 0 heterocycles. The van der Waals surface area contributed by atoms with E-state index in [0.29, 0.717) is 12.1 Å². The van der Waals surface area contributed by atoms with E-state index in [1.54, 1.807) is 18.2 Å². The van der Waals surface area contributed by atoms with Crippen LogP contribution >= 0.6 is 15.9 Å². The average Bonchev–Trinajstić information content (AvgIpc) is 2.41. The molecule has 19 heavy (non-hydrogen) atoms. The van der Waals surface area contributed by atoms with E-state index in [-0.39, 0.29) is 5.82 Å². The van der Waals surface area contributed by atoms with Crippen LogP contribution in [0.4, 0.5) is 10.1 Å². The highest BCUT2D eigenvalue weighted by Crippen LogP contribution is 2.24. The quantitative estimate of drug-likeness (QED) is 0.852. The third kappa shape index (κ3) is 3.33. The summed E-state index contributed by atoms with van der Waals surface area (Å²) in [6.45, 7) is 0.679. The van der Waals surface area contributed by atoms with Gasteiger partial charge in [0.05, 0.1) is 5.56 Å². The first-order valence-corrected chi connectivity index (χ1v) is 6.54. The van der Waals surface area contributed by atoms with Crippen LogP contribution in [0.2, 0.25) is 0 Å². The molecule has 0 aliphatic carbocycles. The monoisotopic (exact) mass is 318 g/mol. The van der Waals surface area contributed by atoms with Crippen molar-refractivity contribution in [2.24, 2.45) is 0 Å². The topological polar surface area (TPSA) is 27.0 Å². The molecule has 0 bridgehead atoms. The Morgan fingerprint density at radius 2 is 1.89 bits per heavy atom. The first kappa shape index (κ1) is 13.6. The van der Waals surface area contributed by atoms with Crippen LogP contribution in [0.1, 0.15) is 11.1 Å². The van der Waals surface area contributed by atoms with Crippen molar-refractivity contribution in [1.29, 1.82) is 5.26 Å². The van der Waals surface area contributed by atoms with E-state index in [4.69, 9.17) is 5.26 Å². The average molecular weight is 319 g/mol. The summed E-state index contributed by atoms with van der Waals surface area (Å²) in [5.74, 6) is -0.229. The minimum atomic E-state index is -0.229. The normalized spacial score (nSPS) is 10.0. The largest absolute Gasteiger partial charge is 0.370 e. The molecule has 2 aromatic rings. The summed E-state index contributed by atoms with van der Waals surface area (Å²) in [6, 6.07) is 14.1. The number of anilines is 1. The molecule has 0 aliphatic heterocycles. The van der Waals surface area contributed by atoms with Gasteiger partial charge in [-0.1, -0.05) is 12.1 Å². The lowest BCUT2D eigenvalue weighted by molar-refractivity contribution is 0.627. The fourth-order valence-corrected chi connectivity index (χ4v) is 2.24. The summed E-state index contributed by atoms with van der Waals surface area (Å²) in [6.07, 6.45) is 0. The lowest BCUT2D eigenvalue weighted by Crippen LogP contribution is -2.16. The molecule has 0 spiro atoms. The Kier molecular flexibility index (Phi) is 4.18.